The second-order valence-corrected chi connectivity index (χ2v) is 8.48. The largest absolute Gasteiger partial charge is 0.417 e. The molecule has 1 aromatic carbocycles. The molecule has 1 unspecified atom stereocenters. The molecule has 5 nitrogen and oxygen atoms in total. The van der Waals surface area contributed by atoms with Crippen molar-refractivity contribution in [2.24, 2.45) is 0 Å². The van der Waals surface area contributed by atoms with Crippen molar-refractivity contribution in [2.75, 3.05) is 23.7 Å². The van der Waals surface area contributed by atoms with Gasteiger partial charge < -0.3 is 10.2 Å². The molecule has 156 valence electrons. The molecule has 3 rings (SSSR count). The molecule has 0 saturated carbocycles. The summed E-state index contributed by atoms with van der Waals surface area (Å²) in [5.74, 6) is 0.669. The predicted octanol–water partition coefficient (Wildman–Crippen LogP) is 3.63. The standard InChI is InChI=1S/C20H22F3N3O2S/c1-2-29(28)17-6-4-3-5-16(17)19(27)25-15-9-11-26(12-10-15)18-8-7-14(13-24-18)20(21,22)23/h3-8,13,15H,2,9-12H2,1H3,(H,25,27). The van der Waals surface area contributed by atoms with Crippen molar-refractivity contribution in [3.63, 3.8) is 0 Å². The maximum absolute atomic E-state index is 12.7. The van der Waals surface area contributed by atoms with Crippen molar-refractivity contribution in [3.8, 4) is 0 Å². The Morgan fingerprint density at radius 1 is 1.21 bits per heavy atom. The number of rotatable bonds is 5. The van der Waals surface area contributed by atoms with Gasteiger partial charge in [0.2, 0.25) is 0 Å². The molecule has 0 spiro atoms. The minimum atomic E-state index is -4.40. The molecule has 0 aliphatic carbocycles. The maximum atomic E-state index is 12.7. The van der Waals surface area contributed by atoms with Gasteiger partial charge in [0, 0.05) is 31.1 Å². The van der Waals surface area contributed by atoms with Crippen LogP contribution in [0.5, 0.6) is 0 Å². The van der Waals surface area contributed by atoms with E-state index in [0.29, 0.717) is 48.0 Å². The normalized spacial score (nSPS) is 16.5. The van der Waals surface area contributed by atoms with Crippen LogP contribution in [0.1, 0.15) is 35.7 Å². The van der Waals surface area contributed by atoms with E-state index in [9.17, 15) is 22.2 Å². The molecule has 2 heterocycles. The van der Waals surface area contributed by atoms with Crippen molar-refractivity contribution in [3.05, 3.63) is 53.7 Å². The van der Waals surface area contributed by atoms with Crippen LogP contribution in [0.3, 0.4) is 0 Å². The van der Waals surface area contributed by atoms with Gasteiger partial charge in [-0.15, -0.1) is 0 Å². The van der Waals surface area contributed by atoms with Crippen LogP contribution in [0.2, 0.25) is 0 Å². The SMILES string of the molecule is CCS(=O)c1ccccc1C(=O)NC1CCN(c2ccc(C(F)(F)F)cn2)CC1. The Bertz CT molecular complexity index is 879. The van der Waals surface area contributed by atoms with Gasteiger partial charge in [-0.3, -0.25) is 9.00 Å². The van der Waals surface area contributed by atoms with Gasteiger partial charge in [-0.05, 0) is 37.1 Å². The van der Waals surface area contributed by atoms with Crippen LogP contribution in [0.4, 0.5) is 19.0 Å². The first-order chi connectivity index (χ1) is 13.8. The molecule has 29 heavy (non-hydrogen) atoms. The number of aromatic nitrogens is 1. The summed E-state index contributed by atoms with van der Waals surface area (Å²) < 4.78 is 50.2. The Hall–Kier alpha value is -2.42. The molecule has 1 aromatic heterocycles. The molecule has 1 N–H and O–H groups in total. The number of benzene rings is 1. The molecule has 1 aliphatic heterocycles. The van der Waals surface area contributed by atoms with Gasteiger partial charge in [0.1, 0.15) is 5.82 Å². The van der Waals surface area contributed by atoms with Crippen LogP contribution in [0.25, 0.3) is 0 Å². The van der Waals surface area contributed by atoms with Crippen molar-refractivity contribution in [1.82, 2.24) is 10.3 Å². The highest BCUT2D eigenvalue weighted by atomic mass is 32.2. The van der Waals surface area contributed by atoms with E-state index in [4.69, 9.17) is 0 Å². The lowest BCUT2D eigenvalue weighted by Crippen LogP contribution is -2.45. The lowest BCUT2D eigenvalue weighted by Gasteiger charge is -2.33. The molecule has 0 radical (unpaired) electrons. The van der Waals surface area contributed by atoms with E-state index in [0.717, 1.165) is 12.3 Å². The zero-order valence-electron chi connectivity index (χ0n) is 15.9. The van der Waals surface area contributed by atoms with Gasteiger partial charge in [-0.1, -0.05) is 19.1 Å². The van der Waals surface area contributed by atoms with Crippen molar-refractivity contribution < 1.29 is 22.2 Å². The van der Waals surface area contributed by atoms with E-state index in [2.05, 4.69) is 10.3 Å². The van der Waals surface area contributed by atoms with Crippen molar-refractivity contribution >= 4 is 22.5 Å². The van der Waals surface area contributed by atoms with Crippen molar-refractivity contribution in [1.29, 1.82) is 0 Å². The monoisotopic (exact) mass is 425 g/mol. The van der Waals surface area contributed by atoms with Gasteiger partial charge in [-0.2, -0.15) is 13.2 Å². The summed E-state index contributed by atoms with van der Waals surface area (Å²) in [7, 11) is -1.23. The average Bonchev–Trinajstić information content (AvgIpc) is 2.73. The first-order valence-corrected chi connectivity index (χ1v) is 10.7. The number of carbonyl (C=O) groups excluding carboxylic acids is 1. The first kappa shape index (κ1) is 21.3. The number of halogens is 3. The zero-order chi connectivity index (χ0) is 21.0. The number of piperidine rings is 1. The number of nitrogens with one attached hydrogen (secondary N) is 1. The Balaban J connectivity index is 1.59. The van der Waals surface area contributed by atoms with Crippen LogP contribution >= 0.6 is 0 Å². The van der Waals surface area contributed by atoms with Gasteiger partial charge in [0.25, 0.3) is 5.91 Å². The highest BCUT2D eigenvalue weighted by molar-refractivity contribution is 7.85. The highest BCUT2D eigenvalue weighted by Crippen LogP contribution is 2.29. The molecule has 1 atom stereocenters. The number of hydrogen-bond acceptors (Lipinski definition) is 4. The van der Waals surface area contributed by atoms with Gasteiger partial charge in [-0.25, -0.2) is 4.98 Å². The maximum Gasteiger partial charge on any atom is 0.417 e. The van der Waals surface area contributed by atoms with Gasteiger partial charge >= 0.3 is 6.18 Å². The fraction of sp³-hybridized carbons (Fsp3) is 0.400. The Kier molecular flexibility index (Phi) is 6.56. The quantitative estimate of drug-likeness (QED) is 0.795. The molecule has 9 heteroatoms. The second-order valence-electron chi connectivity index (χ2n) is 6.77. The summed E-state index contributed by atoms with van der Waals surface area (Å²) >= 11 is 0. The Morgan fingerprint density at radius 3 is 2.48 bits per heavy atom. The topological polar surface area (TPSA) is 62.3 Å². The van der Waals surface area contributed by atoms with E-state index in [1.165, 1.54) is 6.07 Å². The third kappa shape index (κ3) is 5.14. The molecule has 1 fully saturated rings. The van der Waals surface area contributed by atoms with Crippen LogP contribution < -0.4 is 10.2 Å². The van der Waals surface area contributed by atoms with Crippen LogP contribution in [0.15, 0.2) is 47.5 Å². The summed E-state index contributed by atoms with van der Waals surface area (Å²) in [6.45, 7) is 2.95. The number of amides is 1. The minimum absolute atomic E-state index is 0.0590. The van der Waals surface area contributed by atoms with Crippen LogP contribution in [-0.2, 0) is 17.0 Å². The van der Waals surface area contributed by atoms with Crippen LogP contribution in [-0.4, -0.2) is 40.0 Å². The second kappa shape index (κ2) is 8.94. The summed E-state index contributed by atoms with van der Waals surface area (Å²) in [6, 6.07) is 9.21. The molecule has 0 bridgehead atoms. The lowest BCUT2D eigenvalue weighted by atomic mass is 10.0. The number of nitrogens with zero attached hydrogens (tertiary/aromatic N) is 2. The lowest BCUT2D eigenvalue weighted by molar-refractivity contribution is -0.137. The summed E-state index contributed by atoms with van der Waals surface area (Å²) in [6.07, 6.45) is -2.27. The molecule has 1 aliphatic rings. The summed E-state index contributed by atoms with van der Waals surface area (Å²) in [4.78, 5) is 19.0. The molecule has 2 aromatic rings. The highest BCUT2D eigenvalue weighted by Gasteiger charge is 2.31. The van der Waals surface area contributed by atoms with Gasteiger partial charge in [0.15, 0.2) is 0 Å². The van der Waals surface area contributed by atoms with E-state index in [1.54, 1.807) is 31.2 Å². The predicted molar refractivity (Wildman–Crippen MR) is 105 cm³/mol. The van der Waals surface area contributed by atoms with Gasteiger partial charge in [0.05, 0.1) is 26.8 Å². The fourth-order valence-corrected chi connectivity index (χ4v) is 4.21. The Labute approximate surface area is 169 Å². The number of anilines is 1. The molecule has 1 amide bonds. The summed E-state index contributed by atoms with van der Waals surface area (Å²) in [5.41, 5.74) is -0.356. The number of alkyl halides is 3. The smallest absolute Gasteiger partial charge is 0.356 e. The number of carbonyl (C=O) groups is 1. The zero-order valence-corrected chi connectivity index (χ0v) is 16.7. The molecular formula is C20H22F3N3O2S. The summed E-state index contributed by atoms with van der Waals surface area (Å²) in [5, 5.41) is 2.99. The molecular weight excluding hydrogens is 403 g/mol. The minimum Gasteiger partial charge on any atom is -0.356 e. The average molecular weight is 425 g/mol. The first-order valence-electron chi connectivity index (χ1n) is 9.36. The number of pyridine rings is 1. The van der Waals surface area contributed by atoms with E-state index in [1.807, 2.05) is 4.90 Å². The van der Waals surface area contributed by atoms with Crippen LogP contribution in [0, 0.1) is 0 Å². The fourth-order valence-electron chi connectivity index (χ4n) is 3.27. The van der Waals surface area contributed by atoms with E-state index < -0.39 is 22.5 Å². The van der Waals surface area contributed by atoms with E-state index in [-0.39, 0.29) is 11.9 Å². The third-order valence-electron chi connectivity index (χ3n) is 4.87. The Morgan fingerprint density at radius 2 is 1.90 bits per heavy atom. The van der Waals surface area contributed by atoms with Crippen molar-refractivity contribution in [2.45, 2.75) is 36.9 Å². The third-order valence-corrected chi connectivity index (χ3v) is 6.24. The van der Waals surface area contributed by atoms with E-state index >= 15 is 0 Å². The molecule has 1 saturated heterocycles. The number of hydrogen-bond donors (Lipinski definition) is 1.